The number of anilines is 1. The third-order valence-electron chi connectivity index (χ3n) is 2.96. The van der Waals surface area contributed by atoms with Gasteiger partial charge in [-0.2, -0.15) is 0 Å². The van der Waals surface area contributed by atoms with Crippen LogP contribution in [0.5, 0.6) is 0 Å². The van der Waals surface area contributed by atoms with E-state index >= 15 is 0 Å². The average molecular weight is 223 g/mol. The van der Waals surface area contributed by atoms with Gasteiger partial charge < -0.3 is 4.42 Å². The van der Waals surface area contributed by atoms with Gasteiger partial charge in [-0.1, -0.05) is 31.3 Å². The van der Waals surface area contributed by atoms with E-state index in [1.165, 1.54) is 19.3 Å². The molecule has 88 valence electrons. The van der Waals surface area contributed by atoms with Crippen LogP contribution in [-0.2, 0) is 4.79 Å². The number of rotatable bonds is 3. The maximum atomic E-state index is 11.1. The smallest absolute Gasteiger partial charge is 0.322 e. The van der Waals surface area contributed by atoms with Gasteiger partial charge in [-0.25, -0.2) is 0 Å². The molecule has 0 aliphatic heterocycles. The molecule has 1 heterocycles. The molecule has 1 aliphatic rings. The molecule has 1 saturated carbocycles. The van der Waals surface area contributed by atoms with Crippen LogP contribution in [0.1, 0.15) is 57.3 Å². The van der Waals surface area contributed by atoms with E-state index in [1.54, 1.807) is 6.92 Å². The molecule has 0 unspecified atom stereocenters. The van der Waals surface area contributed by atoms with Gasteiger partial charge in [0, 0.05) is 12.3 Å². The van der Waals surface area contributed by atoms with Crippen LogP contribution in [0.2, 0.25) is 0 Å². The fourth-order valence-corrected chi connectivity index (χ4v) is 2.01. The zero-order chi connectivity index (χ0) is 11.4. The van der Waals surface area contributed by atoms with E-state index in [2.05, 4.69) is 15.5 Å². The zero-order valence-electron chi connectivity index (χ0n) is 9.53. The van der Waals surface area contributed by atoms with Crippen molar-refractivity contribution in [3.63, 3.8) is 0 Å². The maximum Gasteiger partial charge on any atom is 0.322 e. The number of hydrogen-bond acceptors (Lipinski definition) is 4. The van der Waals surface area contributed by atoms with E-state index < -0.39 is 0 Å². The summed E-state index contributed by atoms with van der Waals surface area (Å²) in [5, 5.41) is 10.4. The number of nitrogens with one attached hydrogen (secondary N) is 1. The van der Waals surface area contributed by atoms with Crippen LogP contribution in [0.25, 0.3) is 0 Å². The molecule has 0 aromatic carbocycles. The topological polar surface area (TPSA) is 68.0 Å². The van der Waals surface area contributed by atoms with Crippen LogP contribution in [0.4, 0.5) is 6.01 Å². The molecule has 0 radical (unpaired) electrons. The summed E-state index contributed by atoms with van der Waals surface area (Å²) in [5.41, 5.74) is 0. The number of hydrogen-bond donors (Lipinski definition) is 1. The highest BCUT2D eigenvalue weighted by Crippen LogP contribution is 2.32. The first-order valence-electron chi connectivity index (χ1n) is 5.93. The number of aromatic nitrogens is 2. The number of amides is 1. The highest BCUT2D eigenvalue weighted by atomic mass is 16.4. The minimum absolute atomic E-state index is 0.0983. The van der Waals surface area contributed by atoms with E-state index in [0.29, 0.717) is 18.2 Å². The fourth-order valence-electron chi connectivity index (χ4n) is 2.01. The lowest BCUT2D eigenvalue weighted by atomic mass is 9.89. The summed E-state index contributed by atoms with van der Waals surface area (Å²) in [4.78, 5) is 11.1. The van der Waals surface area contributed by atoms with Crippen molar-refractivity contribution >= 4 is 11.9 Å². The maximum absolute atomic E-state index is 11.1. The lowest BCUT2D eigenvalue weighted by Crippen LogP contribution is -2.09. The van der Waals surface area contributed by atoms with E-state index in [1.807, 2.05) is 0 Å². The number of carbonyl (C=O) groups is 1. The zero-order valence-corrected chi connectivity index (χ0v) is 9.53. The molecule has 1 aromatic rings. The van der Waals surface area contributed by atoms with Gasteiger partial charge in [0.05, 0.1) is 0 Å². The van der Waals surface area contributed by atoms with E-state index in [4.69, 9.17) is 4.42 Å². The van der Waals surface area contributed by atoms with Gasteiger partial charge in [-0.15, -0.1) is 5.10 Å². The number of nitrogens with zero attached hydrogens (tertiary/aromatic N) is 2. The van der Waals surface area contributed by atoms with Gasteiger partial charge in [0.1, 0.15) is 0 Å². The van der Waals surface area contributed by atoms with Crippen LogP contribution in [0.3, 0.4) is 0 Å². The highest BCUT2D eigenvalue weighted by Gasteiger charge is 2.21. The second-order valence-electron chi connectivity index (χ2n) is 4.18. The molecule has 1 amide bonds. The lowest BCUT2D eigenvalue weighted by Gasteiger charge is -2.17. The minimum atomic E-state index is -0.0983. The Morgan fingerprint density at radius 3 is 2.81 bits per heavy atom. The summed E-state index contributed by atoms with van der Waals surface area (Å²) in [6.45, 7) is 1.79. The van der Waals surface area contributed by atoms with Crippen molar-refractivity contribution in [2.24, 2.45) is 0 Å². The van der Waals surface area contributed by atoms with Crippen LogP contribution in [0, 0.1) is 0 Å². The van der Waals surface area contributed by atoms with Crippen molar-refractivity contribution in [2.45, 2.75) is 51.4 Å². The van der Waals surface area contributed by atoms with Crippen molar-refractivity contribution in [1.82, 2.24) is 10.2 Å². The lowest BCUT2D eigenvalue weighted by molar-refractivity contribution is -0.116. The van der Waals surface area contributed by atoms with Crippen molar-refractivity contribution in [3.8, 4) is 0 Å². The summed E-state index contributed by atoms with van der Waals surface area (Å²) in [7, 11) is 0. The Balaban J connectivity index is 1.98. The Kier molecular flexibility index (Phi) is 3.54. The third kappa shape index (κ3) is 2.59. The summed E-state index contributed by atoms with van der Waals surface area (Å²) >= 11 is 0. The van der Waals surface area contributed by atoms with Gasteiger partial charge in [-0.05, 0) is 12.8 Å². The first-order chi connectivity index (χ1) is 7.79. The summed E-state index contributed by atoms with van der Waals surface area (Å²) in [6.07, 6.45) is 6.39. The highest BCUT2D eigenvalue weighted by molar-refractivity contribution is 5.88. The molecule has 16 heavy (non-hydrogen) atoms. The molecule has 1 aromatic heterocycles. The van der Waals surface area contributed by atoms with Gasteiger partial charge in [0.15, 0.2) is 0 Å². The normalized spacial score (nSPS) is 17.3. The van der Waals surface area contributed by atoms with Crippen molar-refractivity contribution < 1.29 is 9.21 Å². The third-order valence-corrected chi connectivity index (χ3v) is 2.96. The van der Waals surface area contributed by atoms with Crippen LogP contribution < -0.4 is 5.32 Å². The van der Waals surface area contributed by atoms with Crippen molar-refractivity contribution in [1.29, 1.82) is 0 Å². The standard InChI is InChI=1S/C11H17N3O2/c1-2-9(15)12-11-14-13-10(16-11)8-6-4-3-5-7-8/h8H,2-7H2,1H3,(H,12,14,15). The molecule has 1 fully saturated rings. The molecule has 5 heteroatoms. The Labute approximate surface area is 94.6 Å². The minimum Gasteiger partial charge on any atom is -0.408 e. The van der Waals surface area contributed by atoms with Crippen molar-refractivity contribution in [2.75, 3.05) is 5.32 Å². The van der Waals surface area contributed by atoms with Gasteiger partial charge >= 0.3 is 6.01 Å². The van der Waals surface area contributed by atoms with Crippen LogP contribution in [0.15, 0.2) is 4.42 Å². The van der Waals surface area contributed by atoms with Gasteiger partial charge in [0.25, 0.3) is 0 Å². The van der Waals surface area contributed by atoms with Gasteiger partial charge in [0.2, 0.25) is 11.8 Å². The molecular weight excluding hydrogens is 206 g/mol. The van der Waals surface area contributed by atoms with Gasteiger partial charge in [-0.3, -0.25) is 10.1 Å². The predicted molar refractivity (Wildman–Crippen MR) is 59.0 cm³/mol. The Hall–Kier alpha value is -1.39. The van der Waals surface area contributed by atoms with Crippen LogP contribution >= 0.6 is 0 Å². The summed E-state index contributed by atoms with van der Waals surface area (Å²) in [6, 6.07) is 0.229. The summed E-state index contributed by atoms with van der Waals surface area (Å²) < 4.78 is 5.44. The largest absolute Gasteiger partial charge is 0.408 e. The molecule has 1 aliphatic carbocycles. The van der Waals surface area contributed by atoms with E-state index in [-0.39, 0.29) is 11.9 Å². The fraction of sp³-hybridized carbons (Fsp3) is 0.727. The second-order valence-corrected chi connectivity index (χ2v) is 4.18. The van der Waals surface area contributed by atoms with Crippen molar-refractivity contribution in [3.05, 3.63) is 5.89 Å². The van der Waals surface area contributed by atoms with Crippen LogP contribution in [-0.4, -0.2) is 16.1 Å². The van der Waals surface area contributed by atoms with E-state index in [9.17, 15) is 4.79 Å². The monoisotopic (exact) mass is 223 g/mol. The Morgan fingerprint density at radius 2 is 2.12 bits per heavy atom. The number of carbonyl (C=O) groups excluding carboxylic acids is 1. The molecule has 0 bridgehead atoms. The Morgan fingerprint density at radius 1 is 1.38 bits per heavy atom. The second kappa shape index (κ2) is 5.09. The molecule has 0 spiro atoms. The molecule has 1 N–H and O–H groups in total. The molecule has 0 saturated heterocycles. The Bertz CT molecular complexity index is 356. The predicted octanol–water partition coefficient (Wildman–Crippen LogP) is 2.47. The first kappa shape index (κ1) is 11.1. The molecule has 5 nitrogen and oxygen atoms in total. The molecule has 2 rings (SSSR count). The molecule has 0 atom stereocenters. The molecular formula is C11H17N3O2. The quantitative estimate of drug-likeness (QED) is 0.854. The SMILES string of the molecule is CCC(=O)Nc1nnc(C2CCCCC2)o1. The summed E-state index contributed by atoms with van der Waals surface area (Å²) in [5.74, 6) is 0.957. The average Bonchev–Trinajstić information content (AvgIpc) is 2.78. The first-order valence-corrected chi connectivity index (χ1v) is 5.93. The van der Waals surface area contributed by atoms with E-state index in [0.717, 1.165) is 12.8 Å².